The van der Waals surface area contributed by atoms with Gasteiger partial charge in [-0.25, -0.2) is 4.98 Å². The lowest BCUT2D eigenvalue weighted by Crippen LogP contribution is -2.21. The number of esters is 1. The SMILES string of the molecule is C1CC2CC2C1.CCc1sc(NC(=O)c2c(C)c3cc(C)ccc3n2CC(=O)OC)nc1-c1cc(OC)c(Cl)cc1OC. The van der Waals surface area contributed by atoms with Gasteiger partial charge in [-0.2, -0.15) is 0 Å². The molecule has 1 amide bonds. The predicted octanol–water partition coefficient (Wildman–Crippen LogP) is 7.85. The lowest BCUT2D eigenvalue weighted by molar-refractivity contribution is -0.141. The number of anilines is 1. The standard InChI is InChI=1S/C27H28ClN3O5S.C6H10/c1-7-22-24(17-11-21(35-5)18(28)12-20(17)34-4)29-27(37-22)30-26(33)25-15(3)16-10-14(2)8-9-19(16)31(25)13-23(32)36-6;1-2-5-4-6(5)3-1/h8-12H,7,13H2,1-6H3,(H,29,30,33);5-6H,1-4H2. The van der Waals surface area contributed by atoms with Crippen molar-refractivity contribution in [3.8, 4) is 22.8 Å². The van der Waals surface area contributed by atoms with Gasteiger partial charge in [-0.1, -0.05) is 49.4 Å². The van der Waals surface area contributed by atoms with Crippen LogP contribution in [0.4, 0.5) is 5.13 Å². The summed E-state index contributed by atoms with van der Waals surface area (Å²) < 4.78 is 17.5. The number of aryl methyl sites for hydroxylation is 3. The number of amides is 1. The normalized spacial score (nSPS) is 16.7. The van der Waals surface area contributed by atoms with Crippen molar-refractivity contribution in [3.63, 3.8) is 0 Å². The van der Waals surface area contributed by atoms with Crippen molar-refractivity contribution >= 4 is 50.8 Å². The van der Waals surface area contributed by atoms with E-state index in [-0.39, 0.29) is 12.5 Å². The van der Waals surface area contributed by atoms with Gasteiger partial charge >= 0.3 is 5.97 Å². The third-order valence-electron chi connectivity index (χ3n) is 8.39. The van der Waals surface area contributed by atoms with Crippen molar-refractivity contribution in [3.05, 3.63) is 57.1 Å². The van der Waals surface area contributed by atoms with Gasteiger partial charge < -0.3 is 18.8 Å². The largest absolute Gasteiger partial charge is 0.496 e. The summed E-state index contributed by atoms with van der Waals surface area (Å²) in [5.41, 5.74) is 4.39. The summed E-state index contributed by atoms with van der Waals surface area (Å²) in [6, 6.07) is 9.33. The second-order valence-corrected chi connectivity index (χ2v) is 12.6. The number of carbonyl (C=O) groups is 2. The summed E-state index contributed by atoms with van der Waals surface area (Å²) in [6.07, 6.45) is 6.93. The fourth-order valence-corrected chi connectivity index (χ4v) is 7.15. The van der Waals surface area contributed by atoms with Crippen molar-refractivity contribution in [2.45, 2.75) is 59.4 Å². The van der Waals surface area contributed by atoms with Crippen LogP contribution in [0.25, 0.3) is 22.2 Å². The van der Waals surface area contributed by atoms with Gasteiger partial charge in [-0.15, -0.1) is 11.3 Å². The zero-order valence-electron chi connectivity index (χ0n) is 25.5. The summed E-state index contributed by atoms with van der Waals surface area (Å²) in [5.74, 6) is 2.67. The number of nitrogens with zero attached hydrogens (tertiary/aromatic N) is 2. The molecular formula is C33H38ClN3O5S. The van der Waals surface area contributed by atoms with Crippen LogP contribution in [0, 0.1) is 25.7 Å². The van der Waals surface area contributed by atoms with E-state index in [9.17, 15) is 9.59 Å². The highest BCUT2D eigenvalue weighted by atomic mass is 35.5. The van der Waals surface area contributed by atoms with Crippen molar-refractivity contribution < 1.29 is 23.8 Å². The number of benzene rings is 2. The predicted molar refractivity (Wildman–Crippen MR) is 172 cm³/mol. The van der Waals surface area contributed by atoms with Crippen LogP contribution in [0.1, 0.15) is 59.1 Å². The number of fused-ring (bicyclic) bond motifs is 2. The number of halogens is 1. The maximum absolute atomic E-state index is 13.6. The fourth-order valence-electron chi connectivity index (χ4n) is 6.00. The quantitative estimate of drug-likeness (QED) is 0.201. The Hall–Kier alpha value is -3.56. The molecule has 10 heteroatoms. The van der Waals surface area contributed by atoms with Crippen LogP contribution in [-0.2, 0) is 22.5 Å². The molecule has 4 aromatic rings. The number of thiazole rings is 1. The van der Waals surface area contributed by atoms with E-state index in [0.717, 1.165) is 26.9 Å². The van der Waals surface area contributed by atoms with Crippen LogP contribution in [0.2, 0.25) is 5.02 Å². The number of aromatic nitrogens is 2. The second kappa shape index (κ2) is 13.0. The van der Waals surface area contributed by atoms with Gasteiger partial charge in [0.1, 0.15) is 23.7 Å². The van der Waals surface area contributed by atoms with Crippen LogP contribution in [0.5, 0.6) is 11.5 Å². The van der Waals surface area contributed by atoms with Gasteiger partial charge in [0.15, 0.2) is 5.13 Å². The number of rotatable bonds is 8. The number of nitrogens with one attached hydrogen (secondary N) is 1. The van der Waals surface area contributed by atoms with E-state index >= 15 is 0 Å². The second-order valence-electron chi connectivity index (χ2n) is 11.1. The minimum atomic E-state index is -0.444. The molecule has 2 atom stereocenters. The third-order valence-corrected chi connectivity index (χ3v) is 9.80. The Morgan fingerprint density at radius 3 is 2.37 bits per heavy atom. The summed E-state index contributed by atoms with van der Waals surface area (Å²) in [4.78, 5) is 31.5. The van der Waals surface area contributed by atoms with Gasteiger partial charge in [0.05, 0.1) is 32.0 Å². The van der Waals surface area contributed by atoms with Gasteiger partial charge in [-0.05, 0) is 62.3 Å². The van der Waals surface area contributed by atoms with Crippen LogP contribution < -0.4 is 14.8 Å². The molecule has 2 aliphatic rings. The molecular weight excluding hydrogens is 586 g/mol. The topological polar surface area (TPSA) is 91.7 Å². The first-order chi connectivity index (χ1) is 20.7. The van der Waals surface area contributed by atoms with Crippen molar-refractivity contribution in [1.82, 2.24) is 9.55 Å². The molecule has 228 valence electrons. The maximum Gasteiger partial charge on any atom is 0.325 e. The molecule has 0 spiro atoms. The van der Waals surface area contributed by atoms with E-state index < -0.39 is 5.97 Å². The first-order valence-corrected chi connectivity index (χ1v) is 15.8. The third kappa shape index (κ3) is 6.38. The van der Waals surface area contributed by atoms with Crippen LogP contribution in [0.15, 0.2) is 30.3 Å². The summed E-state index contributed by atoms with van der Waals surface area (Å²) >= 11 is 7.67. The lowest BCUT2D eigenvalue weighted by atomic mass is 10.1. The first-order valence-electron chi connectivity index (χ1n) is 14.6. The molecule has 0 radical (unpaired) electrons. The van der Waals surface area contributed by atoms with E-state index in [2.05, 4.69) is 5.32 Å². The Bertz CT molecular complexity index is 1670. The molecule has 2 aliphatic carbocycles. The minimum absolute atomic E-state index is 0.0856. The van der Waals surface area contributed by atoms with Crippen LogP contribution in [-0.4, -0.2) is 42.8 Å². The molecule has 2 fully saturated rings. The van der Waals surface area contributed by atoms with Gasteiger partial charge in [-0.3, -0.25) is 14.9 Å². The number of hydrogen-bond donors (Lipinski definition) is 1. The van der Waals surface area contributed by atoms with Crippen molar-refractivity contribution in [2.75, 3.05) is 26.6 Å². The highest BCUT2D eigenvalue weighted by Gasteiger charge is 2.40. The Kier molecular flexibility index (Phi) is 9.32. The Labute approximate surface area is 261 Å². The molecule has 1 N–H and O–H groups in total. The van der Waals surface area contributed by atoms with Gasteiger partial charge in [0.25, 0.3) is 5.91 Å². The number of carbonyl (C=O) groups excluding carboxylic acids is 2. The molecule has 6 rings (SSSR count). The highest BCUT2D eigenvalue weighted by molar-refractivity contribution is 7.16. The maximum atomic E-state index is 13.6. The summed E-state index contributed by atoms with van der Waals surface area (Å²) in [7, 11) is 4.43. The number of hydrogen-bond acceptors (Lipinski definition) is 7. The van der Waals surface area contributed by atoms with Crippen molar-refractivity contribution in [2.24, 2.45) is 11.8 Å². The Morgan fingerprint density at radius 2 is 1.79 bits per heavy atom. The van der Waals surface area contributed by atoms with Gasteiger partial charge in [0.2, 0.25) is 0 Å². The molecule has 2 unspecified atom stereocenters. The average Bonchev–Trinajstić information content (AvgIpc) is 3.28. The number of methoxy groups -OCH3 is 3. The smallest absolute Gasteiger partial charge is 0.325 e. The fraction of sp³-hybridized carbons (Fsp3) is 0.424. The molecule has 0 bridgehead atoms. The molecule has 0 saturated heterocycles. The molecule has 2 saturated carbocycles. The van der Waals surface area contributed by atoms with E-state index in [1.165, 1.54) is 36.7 Å². The monoisotopic (exact) mass is 623 g/mol. The summed E-state index contributed by atoms with van der Waals surface area (Å²) in [5, 5.41) is 4.70. The van der Waals surface area contributed by atoms with E-state index in [0.29, 0.717) is 45.0 Å². The lowest BCUT2D eigenvalue weighted by Gasteiger charge is -2.11. The highest BCUT2D eigenvalue weighted by Crippen LogP contribution is 2.51. The van der Waals surface area contributed by atoms with Crippen LogP contribution >= 0.6 is 22.9 Å². The van der Waals surface area contributed by atoms with Crippen molar-refractivity contribution in [1.29, 1.82) is 0 Å². The molecule has 43 heavy (non-hydrogen) atoms. The molecule has 8 nitrogen and oxygen atoms in total. The molecule has 2 heterocycles. The Balaban J connectivity index is 0.000000537. The number of ether oxygens (including phenoxy) is 3. The molecule has 2 aromatic carbocycles. The Morgan fingerprint density at radius 1 is 1.07 bits per heavy atom. The summed E-state index contributed by atoms with van der Waals surface area (Å²) in [6.45, 7) is 5.79. The average molecular weight is 624 g/mol. The van der Waals surface area contributed by atoms with E-state index in [4.69, 9.17) is 30.8 Å². The van der Waals surface area contributed by atoms with E-state index in [1.54, 1.807) is 50.2 Å². The van der Waals surface area contributed by atoms with Gasteiger partial charge in [0, 0.05) is 27.4 Å². The minimum Gasteiger partial charge on any atom is -0.496 e. The molecule has 2 aromatic heterocycles. The zero-order valence-corrected chi connectivity index (χ0v) is 27.1. The van der Waals surface area contributed by atoms with E-state index in [1.807, 2.05) is 39.0 Å². The zero-order chi connectivity index (χ0) is 30.8. The molecule has 0 aliphatic heterocycles. The first kappa shape index (κ1) is 30.9. The van der Waals surface area contributed by atoms with Crippen LogP contribution in [0.3, 0.4) is 0 Å².